The predicted molar refractivity (Wildman–Crippen MR) is 113 cm³/mol. The third-order valence-corrected chi connectivity index (χ3v) is 5.77. The molecule has 7 nitrogen and oxygen atoms in total. The normalized spacial score (nSPS) is 15.7. The number of nitrogens with one attached hydrogen (secondary N) is 1. The number of anilines is 1. The second kappa shape index (κ2) is 9.63. The first-order chi connectivity index (χ1) is 14.0. The van der Waals surface area contributed by atoms with Crippen LogP contribution in [0.4, 0.5) is 5.13 Å². The van der Waals surface area contributed by atoms with Gasteiger partial charge < -0.3 is 4.90 Å². The molecule has 2 heterocycles. The van der Waals surface area contributed by atoms with E-state index in [-0.39, 0.29) is 30.2 Å². The zero-order valence-corrected chi connectivity index (χ0v) is 17.5. The summed E-state index contributed by atoms with van der Waals surface area (Å²) in [4.78, 5) is 33.2. The highest BCUT2D eigenvalue weighted by molar-refractivity contribution is 7.14. The van der Waals surface area contributed by atoms with Gasteiger partial charge in [-0.3, -0.25) is 19.8 Å². The molecule has 2 aromatic rings. The monoisotopic (exact) mass is 411 g/mol. The minimum atomic E-state index is -0.217. The average molecular weight is 412 g/mol. The summed E-state index contributed by atoms with van der Waals surface area (Å²) >= 11 is 1.31. The molecule has 1 aromatic carbocycles. The Morgan fingerprint density at radius 2 is 1.90 bits per heavy atom. The molecule has 0 bridgehead atoms. The van der Waals surface area contributed by atoms with Gasteiger partial charge in [0, 0.05) is 37.1 Å². The van der Waals surface area contributed by atoms with E-state index in [0.29, 0.717) is 42.6 Å². The lowest BCUT2D eigenvalue weighted by molar-refractivity contribution is -0.132. The molecular formula is C21H25N5O2S. The highest BCUT2D eigenvalue weighted by atomic mass is 32.1. The second-order valence-corrected chi connectivity index (χ2v) is 8.23. The van der Waals surface area contributed by atoms with Gasteiger partial charge in [-0.25, -0.2) is 4.98 Å². The molecule has 1 aromatic heterocycles. The van der Waals surface area contributed by atoms with Crippen LogP contribution < -0.4 is 5.32 Å². The third kappa shape index (κ3) is 5.40. The highest BCUT2D eigenvalue weighted by Gasteiger charge is 2.28. The molecule has 1 fully saturated rings. The SMILES string of the molecule is CC(C)C(C#N)N1CCN(C(=O)Cc2csc(NC(=O)c3ccccc3)n2)CC1. The van der Waals surface area contributed by atoms with E-state index in [0.717, 1.165) is 0 Å². The summed E-state index contributed by atoms with van der Waals surface area (Å²) < 4.78 is 0. The number of benzene rings is 1. The number of hydrogen-bond acceptors (Lipinski definition) is 6. The number of nitrogens with zero attached hydrogens (tertiary/aromatic N) is 4. The van der Waals surface area contributed by atoms with Crippen LogP contribution in [0.2, 0.25) is 0 Å². The molecule has 1 unspecified atom stereocenters. The maximum absolute atomic E-state index is 12.6. The van der Waals surface area contributed by atoms with Crippen LogP contribution in [0, 0.1) is 17.2 Å². The molecule has 1 N–H and O–H groups in total. The number of amides is 2. The molecule has 1 atom stereocenters. The zero-order chi connectivity index (χ0) is 20.8. The van der Waals surface area contributed by atoms with E-state index < -0.39 is 0 Å². The molecule has 8 heteroatoms. The largest absolute Gasteiger partial charge is 0.340 e. The number of carbonyl (C=O) groups excluding carboxylic acids is 2. The average Bonchev–Trinajstić information content (AvgIpc) is 3.16. The van der Waals surface area contributed by atoms with Crippen molar-refractivity contribution in [2.75, 3.05) is 31.5 Å². The Hall–Kier alpha value is -2.76. The fourth-order valence-electron chi connectivity index (χ4n) is 3.37. The number of hydrogen-bond donors (Lipinski definition) is 1. The van der Waals surface area contributed by atoms with Gasteiger partial charge in [0.1, 0.15) is 6.04 Å². The Balaban J connectivity index is 1.51. The van der Waals surface area contributed by atoms with Gasteiger partial charge in [0.2, 0.25) is 5.91 Å². The van der Waals surface area contributed by atoms with Crippen molar-refractivity contribution in [1.29, 1.82) is 5.26 Å². The van der Waals surface area contributed by atoms with Gasteiger partial charge in [-0.15, -0.1) is 11.3 Å². The fraction of sp³-hybridized carbons (Fsp3) is 0.429. The van der Waals surface area contributed by atoms with Crippen molar-refractivity contribution < 1.29 is 9.59 Å². The van der Waals surface area contributed by atoms with Crippen LogP contribution in [0.1, 0.15) is 29.9 Å². The first-order valence-corrected chi connectivity index (χ1v) is 10.6. The Morgan fingerprint density at radius 1 is 1.21 bits per heavy atom. The number of aromatic nitrogens is 1. The topological polar surface area (TPSA) is 89.3 Å². The van der Waals surface area contributed by atoms with Crippen molar-refractivity contribution in [3.05, 3.63) is 47.0 Å². The third-order valence-electron chi connectivity index (χ3n) is 4.96. The maximum atomic E-state index is 12.6. The molecule has 29 heavy (non-hydrogen) atoms. The molecule has 0 saturated carbocycles. The van der Waals surface area contributed by atoms with Crippen molar-refractivity contribution in [1.82, 2.24) is 14.8 Å². The Bertz CT molecular complexity index is 882. The molecule has 1 aliphatic heterocycles. The van der Waals surface area contributed by atoms with Gasteiger partial charge in [0.15, 0.2) is 5.13 Å². The molecule has 0 radical (unpaired) electrons. The summed E-state index contributed by atoms with van der Waals surface area (Å²) in [7, 11) is 0. The van der Waals surface area contributed by atoms with Gasteiger partial charge in [-0.1, -0.05) is 32.0 Å². The quantitative estimate of drug-likeness (QED) is 0.789. The van der Waals surface area contributed by atoms with E-state index in [1.54, 1.807) is 29.6 Å². The molecule has 152 valence electrons. The molecule has 0 aliphatic carbocycles. The van der Waals surface area contributed by atoms with Crippen molar-refractivity contribution in [3.8, 4) is 6.07 Å². The van der Waals surface area contributed by atoms with Gasteiger partial charge in [-0.2, -0.15) is 5.26 Å². The summed E-state index contributed by atoms with van der Waals surface area (Å²) in [6.45, 7) is 6.73. The van der Waals surface area contributed by atoms with Crippen molar-refractivity contribution in [2.45, 2.75) is 26.3 Å². The zero-order valence-electron chi connectivity index (χ0n) is 16.7. The predicted octanol–water partition coefficient (Wildman–Crippen LogP) is 2.63. The second-order valence-electron chi connectivity index (χ2n) is 7.38. The van der Waals surface area contributed by atoms with Crippen molar-refractivity contribution in [3.63, 3.8) is 0 Å². The van der Waals surface area contributed by atoms with E-state index >= 15 is 0 Å². The van der Waals surface area contributed by atoms with Crippen LogP contribution in [0.3, 0.4) is 0 Å². The van der Waals surface area contributed by atoms with Gasteiger partial charge in [0.25, 0.3) is 5.91 Å². The Labute approximate surface area is 175 Å². The smallest absolute Gasteiger partial charge is 0.257 e. The molecule has 2 amide bonds. The molecule has 3 rings (SSSR count). The van der Waals surface area contributed by atoms with Crippen LogP contribution in [0.15, 0.2) is 35.7 Å². The lowest BCUT2D eigenvalue weighted by Crippen LogP contribution is -2.53. The van der Waals surface area contributed by atoms with E-state index in [1.807, 2.05) is 24.8 Å². The molecule has 1 aliphatic rings. The van der Waals surface area contributed by atoms with E-state index in [1.165, 1.54) is 11.3 Å². The Morgan fingerprint density at radius 3 is 2.52 bits per heavy atom. The first-order valence-electron chi connectivity index (χ1n) is 9.70. The van der Waals surface area contributed by atoms with Gasteiger partial charge in [-0.05, 0) is 18.1 Å². The van der Waals surface area contributed by atoms with E-state index in [4.69, 9.17) is 0 Å². The van der Waals surface area contributed by atoms with E-state index in [9.17, 15) is 14.9 Å². The van der Waals surface area contributed by atoms with Crippen molar-refractivity contribution in [2.24, 2.45) is 5.92 Å². The summed E-state index contributed by atoms with van der Waals surface area (Å²) in [6.07, 6.45) is 0.212. The number of nitriles is 1. The lowest BCUT2D eigenvalue weighted by atomic mass is 10.0. The minimum absolute atomic E-state index is 0.0222. The van der Waals surface area contributed by atoms with Crippen LogP contribution in [0.25, 0.3) is 0 Å². The summed E-state index contributed by atoms with van der Waals surface area (Å²) in [5, 5.41) is 14.4. The number of piperazine rings is 1. The molecule has 1 saturated heterocycles. The molecular weight excluding hydrogens is 386 g/mol. The highest BCUT2D eigenvalue weighted by Crippen LogP contribution is 2.18. The number of rotatable bonds is 6. The maximum Gasteiger partial charge on any atom is 0.257 e. The van der Waals surface area contributed by atoms with Crippen LogP contribution in [-0.4, -0.2) is 58.8 Å². The standard InChI is InChI=1S/C21H25N5O2S/c1-15(2)18(13-22)25-8-10-26(11-9-25)19(27)12-17-14-29-21(23-17)24-20(28)16-6-4-3-5-7-16/h3-7,14-15,18H,8-12H2,1-2H3,(H,23,24,28). The van der Waals surface area contributed by atoms with Crippen LogP contribution >= 0.6 is 11.3 Å². The Kier molecular flexibility index (Phi) is 6.96. The van der Waals surface area contributed by atoms with Gasteiger partial charge in [0.05, 0.1) is 18.2 Å². The lowest BCUT2D eigenvalue weighted by Gasteiger charge is -2.38. The number of thiazole rings is 1. The summed E-state index contributed by atoms with van der Waals surface area (Å²) in [5.41, 5.74) is 1.22. The fourth-order valence-corrected chi connectivity index (χ4v) is 4.08. The van der Waals surface area contributed by atoms with Crippen LogP contribution in [0.5, 0.6) is 0 Å². The minimum Gasteiger partial charge on any atom is -0.340 e. The molecule has 0 spiro atoms. The first kappa shape index (κ1) is 21.0. The number of carbonyl (C=O) groups is 2. The van der Waals surface area contributed by atoms with Crippen LogP contribution in [-0.2, 0) is 11.2 Å². The van der Waals surface area contributed by atoms with Gasteiger partial charge >= 0.3 is 0 Å². The van der Waals surface area contributed by atoms with E-state index in [2.05, 4.69) is 21.3 Å². The summed E-state index contributed by atoms with van der Waals surface area (Å²) in [5.74, 6) is 0.0712. The van der Waals surface area contributed by atoms with Crippen molar-refractivity contribution >= 4 is 28.3 Å². The summed E-state index contributed by atoms with van der Waals surface area (Å²) in [6, 6.07) is 11.2.